The van der Waals surface area contributed by atoms with Gasteiger partial charge in [-0.1, -0.05) is 6.07 Å². The number of aliphatic carboxylic acids is 1. The first kappa shape index (κ1) is 16.7. The van der Waals surface area contributed by atoms with Gasteiger partial charge in [-0.3, -0.25) is 4.79 Å². The molecule has 0 amide bonds. The molecule has 112 valence electrons. The van der Waals surface area contributed by atoms with Gasteiger partial charge < -0.3 is 15.6 Å². The molecule has 0 saturated carbocycles. The molecule has 1 aromatic rings. The van der Waals surface area contributed by atoms with Gasteiger partial charge in [0.05, 0.1) is 17.2 Å². The molecule has 6 nitrogen and oxygen atoms in total. The highest BCUT2D eigenvalue weighted by Crippen LogP contribution is 2.18. The lowest BCUT2D eigenvalue weighted by molar-refractivity contribution is -0.138. The predicted octanol–water partition coefficient (Wildman–Crippen LogP) is 1.47. The lowest BCUT2D eigenvalue weighted by Gasteiger charge is -2.21. The van der Waals surface area contributed by atoms with Crippen molar-refractivity contribution in [3.8, 4) is 6.07 Å². The fourth-order valence-corrected chi connectivity index (χ4v) is 1.67. The van der Waals surface area contributed by atoms with Gasteiger partial charge in [0.1, 0.15) is 11.6 Å². The molecule has 3 N–H and O–H groups in total. The minimum atomic E-state index is -1.16. The van der Waals surface area contributed by atoms with Crippen LogP contribution in [0.25, 0.3) is 0 Å². The summed E-state index contributed by atoms with van der Waals surface area (Å²) < 4.78 is 5.27. The van der Waals surface area contributed by atoms with E-state index in [-0.39, 0.29) is 12.0 Å². The van der Waals surface area contributed by atoms with Crippen LogP contribution in [0.2, 0.25) is 0 Å². The number of rotatable bonds is 4. The minimum absolute atomic E-state index is 0.0182. The van der Waals surface area contributed by atoms with E-state index in [2.05, 4.69) is 0 Å². The van der Waals surface area contributed by atoms with Gasteiger partial charge in [-0.2, -0.15) is 5.26 Å². The SMILES string of the molecule is CC(C)(C)OC(=O)c1cc(C#N)ccc1C[C@H](N)C(=O)O. The summed E-state index contributed by atoms with van der Waals surface area (Å²) >= 11 is 0. The molecule has 0 aliphatic carbocycles. The van der Waals surface area contributed by atoms with E-state index in [1.54, 1.807) is 20.8 Å². The van der Waals surface area contributed by atoms with Crippen LogP contribution in [0.5, 0.6) is 0 Å². The van der Waals surface area contributed by atoms with Gasteiger partial charge >= 0.3 is 11.9 Å². The van der Waals surface area contributed by atoms with Crippen molar-refractivity contribution < 1.29 is 19.4 Å². The first-order valence-corrected chi connectivity index (χ1v) is 6.39. The van der Waals surface area contributed by atoms with Gasteiger partial charge in [-0.05, 0) is 44.9 Å². The van der Waals surface area contributed by atoms with E-state index in [1.165, 1.54) is 18.2 Å². The zero-order valence-corrected chi connectivity index (χ0v) is 12.2. The number of nitrogens with two attached hydrogens (primary N) is 1. The predicted molar refractivity (Wildman–Crippen MR) is 75.6 cm³/mol. The smallest absolute Gasteiger partial charge is 0.338 e. The average molecular weight is 290 g/mol. The third kappa shape index (κ3) is 4.89. The van der Waals surface area contributed by atoms with Crippen LogP contribution in [0.3, 0.4) is 0 Å². The molecule has 0 aliphatic rings. The Morgan fingerprint density at radius 3 is 2.52 bits per heavy atom. The van der Waals surface area contributed by atoms with E-state index >= 15 is 0 Å². The van der Waals surface area contributed by atoms with Gasteiger partial charge in [0.2, 0.25) is 0 Å². The first-order valence-electron chi connectivity index (χ1n) is 6.39. The molecule has 1 aromatic carbocycles. The van der Waals surface area contributed by atoms with Crippen LogP contribution in [-0.2, 0) is 16.0 Å². The van der Waals surface area contributed by atoms with Crippen LogP contribution in [-0.4, -0.2) is 28.7 Å². The second-order valence-electron chi connectivity index (χ2n) is 5.63. The third-order valence-electron chi connectivity index (χ3n) is 2.61. The van der Waals surface area contributed by atoms with Gasteiger partial charge in [0, 0.05) is 0 Å². The Morgan fingerprint density at radius 1 is 1.43 bits per heavy atom. The highest BCUT2D eigenvalue weighted by molar-refractivity contribution is 5.92. The van der Waals surface area contributed by atoms with E-state index in [0.717, 1.165) is 0 Å². The highest BCUT2D eigenvalue weighted by Gasteiger charge is 2.23. The lowest BCUT2D eigenvalue weighted by atomic mass is 9.98. The Morgan fingerprint density at radius 2 is 2.05 bits per heavy atom. The summed E-state index contributed by atoms with van der Waals surface area (Å²) in [5, 5.41) is 17.8. The van der Waals surface area contributed by atoms with Crippen molar-refractivity contribution >= 4 is 11.9 Å². The van der Waals surface area contributed by atoms with Crippen molar-refractivity contribution in [2.75, 3.05) is 0 Å². The molecule has 1 rings (SSSR count). The van der Waals surface area contributed by atoms with Crippen LogP contribution < -0.4 is 5.73 Å². The lowest BCUT2D eigenvalue weighted by Crippen LogP contribution is -2.33. The molecule has 0 unspecified atom stereocenters. The molecule has 0 saturated heterocycles. The Balaban J connectivity index is 3.17. The van der Waals surface area contributed by atoms with E-state index < -0.39 is 23.6 Å². The van der Waals surface area contributed by atoms with Gasteiger partial charge in [0.15, 0.2) is 0 Å². The number of nitriles is 1. The molecule has 6 heteroatoms. The largest absolute Gasteiger partial charge is 0.480 e. The fourth-order valence-electron chi connectivity index (χ4n) is 1.67. The van der Waals surface area contributed by atoms with Crippen LogP contribution in [0.15, 0.2) is 18.2 Å². The summed E-state index contributed by atoms with van der Waals surface area (Å²) in [5.41, 5.74) is 5.72. The maximum atomic E-state index is 12.2. The summed E-state index contributed by atoms with van der Waals surface area (Å²) in [5.74, 6) is -1.76. The first-order chi connectivity index (χ1) is 9.64. The third-order valence-corrected chi connectivity index (χ3v) is 2.61. The Kier molecular flexibility index (Phi) is 5.06. The maximum absolute atomic E-state index is 12.2. The van der Waals surface area contributed by atoms with Crippen LogP contribution in [0.4, 0.5) is 0 Å². The maximum Gasteiger partial charge on any atom is 0.338 e. The Bertz CT molecular complexity index is 597. The summed E-state index contributed by atoms with van der Waals surface area (Å²) in [4.78, 5) is 23.0. The fraction of sp³-hybridized carbons (Fsp3) is 0.400. The zero-order valence-electron chi connectivity index (χ0n) is 12.2. The van der Waals surface area contributed by atoms with Gasteiger partial charge in [0.25, 0.3) is 0 Å². The number of carboxylic acids is 1. The molecular formula is C15H18N2O4. The van der Waals surface area contributed by atoms with Crippen molar-refractivity contribution in [1.29, 1.82) is 5.26 Å². The summed E-state index contributed by atoms with van der Waals surface area (Å²) in [6.07, 6.45) is -0.0182. The normalized spacial score (nSPS) is 12.3. The average Bonchev–Trinajstić information content (AvgIpc) is 2.36. The highest BCUT2D eigenvalue weighted by atomic mass is 16.6. The van der Waals surface area contributed by atoms with Crippen molar-refractivity contribution in [3.05, 3.63) is 34.9 Å². The molecule has 0 heterocycles. The van der Waals surface area contributed by atoms with E-state index in [9.17, 15) is 9.59 Å². The number of nitrogens with zero attached hydrogens (tertiary/aromatic N) is 1. The zero-order chi connectivity index (χ0) is 16.2. The number of carboxylic acid groups (broad SMARTS) is 1. The Labute approximate surface area is 123 Å². The van der Waals surface area contributed by atoms with Crippen molar-refractivity contribution in [3.63, 3.8) is 0 Å². The second-order valence-corrected chi connectivity index (χ2v) is 5.63. The van der Waals surface area contributed by atoms with E-state index in [1.807, 2.05) is 6.07 Å². The molecule has 1 atom stereocenters. The molecule has 0 spiro atoms. The summed E-state index contributed by atoms with van der Waals surface area (Å²) in [7, 11) is 0. The molecule has 0 aliphatic heterocycles. The topological polar surface area (TPSA) is 113 Å². The van der Waals surface area contributed by atoms with E-state index in [0.29, 0.717) is 11.1 Å². The Hall–Kier alpha value is -2.39. The molecule has 0 radical (unpaired) electrons. The standard InChI is InChI=1S/C15H18N2O4/c1-15(2,3)21-14(20)11-6-9(8-16)4-5-10(11)7-12(17)13(18)19/h4-6,12H,7,17H2,1-3H3,(H,18,19)/t12-/m0/s1. The molecular weight excluding hydrogens is 272 g/mol. The van der Waals surface area contributed by atoms with Crippen LogP contribution in [0.1, 0.15) is 42.3 Å². The number of benzene rings is 1. The summed E-state index contributed by atoms with van der Waals surface area (Å²) in [6, 6.07) is 5.23. The van der Waals surface area contributed by atoms with Crippen molar-refractivity contribution in [2.45, 2.75) is 38.8 Å². The van der Waals surface area contributed by atoms with Gasteiger partial charge in [-0.15, -0.1) is 0 Å². The number of hydrogen-bond acceptors (Lipinski definition) is 5. The monoisotopic (exact) mass is 290 g/mol. The molecule has 21 heavy (non-hydrogen) atoms. The number of carbonyl (C=O) groups excluding carboxylic acids is 1. The number of esters is 1. The van der Waals surface area contributed by atoms with E-state index in [4.69, 9.17) is 20.8 Å². The van der Waals surface area contributed by atoms with Crippen molar-refractivity contribution in [1.82, 2.24) is 0 Å². The second kappa shape index (κ2) is 6.37. The number of carbonyl (C=O) groups is 2. The quantitative estimate of drug-likeness (QED) is 0.812. The minimum Gasteiger partial charge on any atom is -0.480 e. The summed E-state index contributed by atoms with van der Waals surface area (Å²) in [6.45, 7) is 5.17. The van der Waals surface area contributed by atoms with Crippen LogP contribution in [0, 0.1) is 11.3 Å². The molecule has 0 fully saturated rings. The number of hydrogen-bond donors (Lipinski definition) is 2. The number of ether oxygens (including phenoxy) is 1. The van der Waals surface area contributed by atoms with Gasteiger partial charge in [-0.25, -0.2) is 4.79 Å². The van der Waals surface area contributed by atoms with Crippen molar-refractivity contribution in [2.24, 2.45) is 5.73 Å². The molecule has 0 aromatic heterocycles. The molecule has 0 bridgehead atoms. The van der Waals surface area contributed by atoms with Crippen LogP contribution >= 0.6 is 0 Å².